The van der Waals surface area contributed by atoms with Crippen LogP contribution in [0.2, 0.25) is 0 Å². The Bertz CT molecular complexity index is 729. The minimum atomic E-state index is -0.917. The van der Waals surface area contributed by atoms with Gasteiger partial charge in [-0.1, -0.05) is 12.1 Å². The molecule has 0 aliphatic rings. The van der Waals surface area contributed by atoms with Crippen LogP contribution in [0.25, 0.3) is 0 Å². The van der Waals surface area contributed by atoms with Crippen molar-refractivity contribution in [1.29, 1.82) is 0 Å². The van der Waals surface area contributed by atoms with Crippen molar-refractivity contribution < 1.29 is 8.78 Å². The summed E-state index contributed by atoms with van der Waals surface area (Å²) in [6.45, 7) is 4.04. The van der Waals surface area contributed by atoms with Crippen LogP contribution in [-0.2, 0) is 0 Å². The minimum Gasteiger partial charge on any atom is -0.331 e. The highest BCUT2D eigenvalue weighted by Crippen LogP contribution is 2.13. The number of hydrogen-bond donors (Lipinski definition) is 2. The van der Waals surface area contributed by atoms with E-state index in [4.69, 9.17) is 12.2 Å². The van der Waals surface area contributed by atoms with Crippen molar-refractivity contribution in [3.8, 4) is 0 Å². The van der Waals surface area contributed by atoms with E-state index >= 15 is 0 Å². The third-order valence-corrected chi connectivity index (χ3v) is 3.28. The average molecular weight is 319 g/mol. The number of hydrazone groups is 1. The van der Waals surface area contributed by atoms with E-state index in [9.17, 15) is 8.78 Å². The first-order chi connectivity index (χ1) is 10.5. The Balaban J connectivity index is 1.93. The first-order valence-electron chi connectivity index (χ1n) is 6.58. The fourth-order valence-corrected chi connectivity index (χ4v) is 1.91. The fraction of sp³-hybridized carbons (Fsp3) is 0.125. The van der Waals surface area contributed by atoms with Gasteiger partial charge in [0.15, 0.2) is 16.7 Å². The number of nitrogens with one attached hydrogen (secondary N) is 2. The molecule has 0 amide bonds. The maximum Gasteiger partial charge on any atom is 0.191 e. The van der Waals surface area contributed by atoms with Crippen molar-refractivity contribution in [2.45, 2.75) is 13.8 Å². The number of benzene rings is 2. The molecule has 0 aliphatic heterocycles. The highest BCUT2D eigenvalue weighted by molar-refractivity contribution is 7.80. The minimum absolute atomic E-state index is 0.307. The molecule has 0 aromatic heterocycles. The molecule has 0 atom stereocenters. The summed E-state index contributed by atoms with van der Waals surface area (Å²) in [4.78, 5) is 0. The molecule has 2 N–H and O–H groups in total. The van der Waals surface area contributed by atoms with E-state index in [-0.39, 0.29) is 0 Å². The predicted octanol–water partition coefficient (Wildman–Crippen LogP) is 3.90. The largest absolute Gasteiger partial charge is 0.331 e. The number of thiocarbonyl (C=S) groups is 1. The van der Waals surface area contributed by atoms with Crippen LogP contribution in [0.1, 0.15) is 16.7 Å². The highest BCUT2D eigenvalue weighted by Gasteiger charge is 2.01. The van der Waals surface area contributed by atoms with Gasteiger partial charge < -0.3 is 5.32 Å². The van der Waals surface area contributed by atoms with Crippen LogP contribution in [0.5, 0.6) is 0 Å². The van der Waals surface area contributed by atoms with Gasteiger partial charge in [-0.05, 0) is 67.0 Å². The maximum absolute atomic E-state index is 13.0. The monoisotopic (exact) mass is 319 g/mol. The molecule has 114 valence electrons. The van der Waals surface area contributed by atoms with Gasteiger partial charge in [0.25, 0.3) is 0 Å². The lowest BCUT2D eigenvalue weighted by Crippen LogP contribution is -2.23. The van der Waals surface area contributed by atoms with Crippen LogP contribution in [0.3, 0.4) is 0 Å². The van der Waals surface area contributed by atoms with Crippen LogP contribution in [0.4, 0.5) is 14.5 Å². The van der Waals surface area contributed by atoms with E-state index in [1.807, 2.05) is 32.0 Å². The molecule has 3 nitrogen and oxygen atoms in total. The summed E-state index contributed by atoms with van der Waals surface area (Å²) < 4.78 is 25.8. The van der Waals surface area contributed by atoms with Gasteiger partial charge in [-0.15, -0.1) is 0 Å². The Morgan fingerprint density at radius 1 is 1.05 bits per heavy atom. The highest BCUT2D eigenvalue weighted by atomic mass is 32.1. The van der Waals surface area contributed by atoms with E-state index in [0.29, 0.717) is 10.7 Å². The summed E-state index contributed by atoms with van der Waals surface area (Å²) in [5, 5.41) is 7.18. The van der Waals surface area contributed by atoms with Crippen molar-refractivity contribution in [3.05, 3.63) is 64.7 Å². The Morgan fingerprint density at radius 3 is 2.50 bits per heavy atom. The topological polar surface area (TPSA) is 36.4 Å². The number of anilines is 1. The number of hydrogen-bond acceptors (Lipinski definition) is 2. The van der Waals surface area contributed by atoms with Gasteiger partial charge in [-0.25, -0.2) is 8.78 Å². The lowest BCUT2D eigenvalue weighted by atomic mass is 10.1. The Kier molecular flexibility index (Phi) is 5.16. The van der Waals surface area contributed by atoms with E-state index in [1.54, 1.807) is 0 Å². The lowest BCUT2D eigenvalue weighted by molar-refractivity contribution is 0.508. The Hall–Kier alpha value is -2.34. The quantitative estimate of drug-likeness (QED) is 0.512. The van der Waals surface area contributed by atoms with Gasteiger partial charge in [0.05, 0.1) is 6.21 Å². The van der Waals surface area contributed by atoms with Gasteiger partial charge in [-0.2, -0.15) is 5.10 Å². The predicted molar refractivity (Wildman–Crippen MR) is 89.2 cm³/mol. The van der Waals surface area contributed by atoms with E-state index in [2.05, 4.69) is 15.8 Å². The van der Waals surface area contributed by atoms with E-state index < -0.39 is 11.6 Å². The molecule has 2 aromatic rings. The molecule has 0 bridgehead atoms. The van der Waals surface area contributed by atoms with Gasteiger partial charge in [-0.3, -0.25) is 5.43 Å². The summed E-state index contributed by atoms with van der Waals surface area (Å²) in [6, 6.07) is 9.40. The van der Waals surface area contributed by atoms with E-state index in [1.165, 1.54) is 17.8 Å². The second kappa shape index (κ2) is 7.09. The summed E-state index contributed by atoms with van der Waals surface area (Å²) in [6.07, 6.45) is 1.36. The molecule has 0 saturated carbocycles. The van der Waals surface area contributed by atoms with Crippen LogP contribution in [0.15, 0.2) is 41.5 Å². The molecule has 0 heterocycles. The van der Waals surface area contributed by atoms with Crippen LogP contribution >= 0.6 is 12.2 Å². The van der Waals surface area contributed by atoms with Crippen molar-refractivity contribution >= 4 is 29.2 Å². The van der Waals surface area contributed by atoms with Gasteiger partial charge in [0, 0.05) is 5.69 Å². The maximum atomic E-state index is 13.0. The van der Waals surface area contributed by atoms with Gasteiger partial charge >= 0.3 is 0 Å². The first kappa shape index (κ1) is 16.0. The normalized spacial score (nSPS) is 10.7. The zero-order valence-corrected chi connectivity index (χ0v) is 13.0. The molecule has 0 fully saturated rings. The fourth-order valence-electron chi connectivity index (χ4n) is 1.74. The summed E-state index contributed by atoms with van der Waals surface area (Å²) in [5.41, 5.74) is 6.25. The van der Waals surface area contributed by atoms with Crippen LogP contribution < -0.4 is 10.7 Å². The smallest absolute Gasteiger partial charge is 0.191 e. The zero-order chi connectivity index (χ0) is 16.1. The lowest BCUT2D eigenvalue weighted by Gasteiger charge is -2.08. The van der Waals surface area contributed by atoms with Gasteiger partial charge in [0.2, 0.25) is 0 Å². The summed E-state index contributed by atoms with van der Waals surface area (Å²) in [5.74, 6) is -1.81. The SMILES string of the molecule is Cc1ccc(NC(=S)NN=Cc2ccc(F)c(F)c2)cc1C. The molecule has 0 unspecified atom stereocenters. The third kappa shape index (κ3) is 4.33. The van der Waals surface area contributed by atoms with Crippen molar-refractivity contribution in [1.82, 2.24) is 5.43 Å². The standard InChI is InChI=1S/C16H15F2N3S/c1-10-3-5-13(7-11(10)2)20-16(22)21-19-9-12-4-6-14(17)15(18)8-12/h3-9H,1-2H3,(H2,20,21,22). The van der Waals surface area contributed by atoms with Crippen molar-refractivity contribution in [2.24, 2.45) is 5.10 Å². The molecular formula is C16H15F2N3S. The molecule has 6 heteroatoms. The number of aryl methyl sites for hydroxylation is 2. The second-order valence-corrected chi connectivity index (χ2v) is 5.20. The first-order valence-corrected chi connectivity index (χ1v) is 6.99. The number of halogens is 2. The molecule has 0 aliphatic carbocycles. The molecular weight excluding hydrogens is 304 g/mol. The van der Waals surface area contributed by atoms with Crippen LogP contribution in [-0.4, -0.2) is 11.3 Å². The van der Waals surface area contributed by atoms with E-state index in [0.717, 1.165) is 23.4 Å². The summed E-state index contributed by atoms with van der Waals surface area (Å²) in [7, 11) is 0. The van der Waals surface area contributed by atoms with Crippen molar-refractivity contribution in [2.75, 3.05) is 5.32 Å². The number of nitrogens with zero attached hydrogens (tertiary/aromatic N) is 1. The molecule has 0 spiro atoms. The van der Waals surface area contributed by atoms with Crippen LogP contribution in [0, 0.1) is 25.5 Å². The average Bonchev–Trinajstić information content (AvgIpc) is 2.47. The van der Waals surface area contributed by atoms with Gasteiger partial charge in [0.1, 0.15) is 0 Å². The summed E-state index contributed by atoms with van der Waals surface area (Å²) >= 11 is 5.10. The molecule has 0 saturated heterocycles. The molecule has 0 radical (unpaired) electrons. The number of rotatable bonds is 3. The molecule has 2 rings (SSSR count). The Morgan fingerprint density at radius 2 is 1.82 bits per heavy atom. The zero-order valence-electron chi connectivity index (χ0n) is 12.2. The molecule has 2 aromatic carbocycles. The third-order valence-electron chi connectivity index (χ3n) is 3.09. The van der Waals surface area contributed by atoms with Crippen molar-refractivity contribution in [3.63, 3.8) is 0 Å². The molecule has 22 heavy (non-hydrogen) atoms. The Labute approximate surface area is 133 Å². The second-order valence-electron chi connectivity index (χ2n) is 4.80.